The van der Waals surface area contributed by atoms with Gasteiger partial charge in [0, 0.05) is 10.5 Å². The number of nitrogens with zero attached hydrogens (tertiary/aromatic N) is 3. The normalized spacial score (nSPS) is 10.3. The molecule has 0 atom stereocenters. The SMILES string of the molecule is CSc1ccc(-c2cnnc(Cl)n2)cc1. The van der Waals surface area contributed by atoms with E-state index in [-0.39, 0.29) is 5.28 Å². The molecule has 5 heteroatoms. The van der Waals surface area contributed by atoms with Gasteiger partial charge in [-0.05, 0) is 30.0 Å². The Morgan fingerprint density at radius 2 is 1.93 bits per heavy atom. The molecule has 0 amide bonds. The van der Waals surface area contributed by atoms with Crippen molar-refractivity contribution < 1.29 is 0 Å². The molecular weight excluding hydrogens is 230 g/mol. The fraction of sp³-hybridized carbons (Fsp3) is 0.100. The number of benzene rings is 1. The highest BCUT2D eigenvalue weighted by atomic mass is 35.5. The van der Waals surface area contributed by atoms with E-state index in [1.807, 2.05) is 30.5 Å². The first-order valence-corrected chi connectivity index (χ1v) is 5.89. The van der Waals surface area contributed by atoms with Crippen molar-refractivity contribution in [2.45, 2.75) is 4.90 Å². The number of hydrogen-bond acceptors (Lipinski definition) is 4. The summed E-state index contributed by atoms with van der Waals surface area (Å²) in [7, 11) is 0. The van der Waals surface area contributed by atoms with Crippen LogP contribution < -0.4 is 0 Å². The molecule has 0 spiro atoms. The van der Waals surface area contributed by atoms with Crippen LogP contribution in [0.5, 0.6) is 0 Å². The standard InChI is InChI=1S/C10H8ClN3S/c1-15-8-4-2-7(3-5-8)9-6-12-14-10(11)13-9/h2-6H,1H3. The third-order valence-electron chi connectivity index (χ3n) is 1.92. The van der Waals surface area contributed by atoms with Crippen molar-refractivity contribution in [3.8, 4) is 11.3 Å². The molecule has 76 valence electrons. The predicted molar refractivity (Wildman–Crippen MR) is 62.1 cm³/mol. The fourth-order valence-electron chi connectivity index (χ4n) is 1.18. The number of halogens is 1. The van der Waals surface area contributed by atoms with Crippen molar-refractivity contribution in [3.05, 3.63) is 35.7 Å². The van der Waals surface area contributed by atoms with Crippen LogP contribution in [-0.2, 0) is 0 Å². The van der Waals surface area contributed by atoms with Crippen LogP contribution in [0.4, 0.5) is 0 Å². The van der Waals surface area contributed by atoms with Gasteiger partial charge in [-0.25, -0.2) is 4.98 Å². The Kier molecular flexibility index (Phi) is 3.18. The molecule has 1 heterocycles. The molecule has 2 rings (SSSR count). The first-order chi connectivity index (χ1) is 7.29. The van der Waals surface area contributed by atoms with Gasteiger partial charge in [-0.3, -0.25) is 0 Å². The predicted octanol–water partition coefficient (Wildman–Crippen LogP) is 2.91. The van der Waals surface area contributed by atoms with E-state index < -0.39 is 0 Å². The first-order valence-electron chi connectivity index (χ1n) is 4.29. The maximum Gasteiger partial charge on any atom is 0.243 e. The summed E-state index contributed by atoms with van der Waals surface area (Å²) >= 11 is 7.37. The molecule has 0 fully saturated rings. The van der Waals surface area contributed by atoms with Crippen LogP contribution in [0.2, 0.25) is 5.28 Å². The second-order valence-corrected chi connectivity index (χ2v) is 4.06. The van der Waals surface area contributed by atoms with Crippen molar-refractivity contribution in [2.75, 3.05) is 6.26 Å². The molecule has 1 aromatic carbocycles. The Morgan fingerprint density at radius 1 is 1.20 bits per heavy atom. The van der Waals surface area contributed by atoms with E-state index in [4.69, 9.17) is 11.6 Å². The minimum absolute atomic E-state index is 0.168. The second kappa shape index (κ2) is 4.59. The van der Waals surface area contributed by atoms with E-state index >= 15 is 0 Å². The summed E-state index contributed by atoms with van der Waals surface area (Å²) in [5.41, 5.74) is 1.73. The molecule has 0 N–H and O–H groups in total. The summed E-state index contributed by atoms with van der Waals surface area (Å²) in [6.07, 6.45) is 3.64. The van der Waals surface area contributed by atoms with E-state index in [9.17, 15) is 0 Å². The Labute approximate surface area is 96.9 Å². The topological polar surface area (TPSA) is 38.7 Å². The van der Waals surface area contributed by atoms with Crippen LogP contribution in [0.15, 0.2) is 35.4 Å². The molecule has 15 heavy (non-hydrogen) atoms. The minimum atomic E-state index is 0.168. The van der Waals surface area contributed by atoms with Crippen molar-refractivity contribution in [1.82, 2.24) is 15.2 Å². The summed E-state index contributed by atoms with van der Waals surface area (Å²) < 4.78 is 0. The van der Waals surface area contributed by atoms with Gasteiger partial charge in [0.2, 0.25) is 5.28 Å². The van der Waals surface area contributed by atoms with Crippen LogP contribution in [0.1, 0.15) is 0 Å². The molecule has 3 nitrogen and oxygen atoms in total. The van der Waals surface area contributed by atoms with Crippen LogP contribution in [0.25, 0.3) is 11.3 Å². The van der Waals surface area contributed by atoms with E-state index in [1.54, 1.807) is 18.0 Å². The lowest BCUT2D eigenvalue weighted by molar-refractivity contribution is 0.974. The largest absolute Gasteiger partial charge is 0.243 e. The number of rotatable bonds is 2. The van der Waals surface area contributed by atoms with Crippen LogP contribution >= 0.6 is 23.4 Å². The average Bonchev–Trinajstić information content (AvgIpc) is 2.29. The average molecular weight is 238 g/mol. The van der Waals surface area contributed by atoms with E-state index in [0.717, 1.165) is 11.3 Å². The highest BCUT2D eigenvalue weighted by Crippen LogP contribution is 2.21. The summed E-state index contributed by atoms with van der Waals surface area (Å²) in [4.78, 5) is 5.30. The summed E-state index contributed by atoms with van der Waals surface area (Å²) in [6, 6.07) is 8.06. The monoisotopic (exact) mass is 237 g/mol. The number of thioether (sulfide) groups is 1. The van der Waals surface area contributed by atoms with Crippen molar-refractivity contribution >= 4 is 23.4 Å². The van der Waals surface area contributed by atoms with Crippen molar-refractivity contribution in [1.29, 1.82) is 0 Å². The van der Waals surface area contributed by atoms with Gasteiger partial charge in [0.1, 0.15) is 0 Å². The highest BCUT2D eigenvalue weighted by Gasteiger charge is 2.01. The summed E-state index contributed by atoms with van der Waals surface area (Å²) in [6.45, 7) is 0. The molecule has 0 bridgehead atoms. The smallest absolute Gasteiger partial charge is 0.215 e. The third-order valence-corrected chi connectivity index (χ3v) is 2.82. The molecule has 0 aliphatic carbocycles. The van der Waals surface area contributed by atoms with Crippen molar-refractivity contribution in [2.24, 2.45) is 0 Å². The zero-order chi connectivity index (χ0) is 10.7. The number of hydrogen-bond donors (Lipinski definition) is 0. The molecular formula is C10H8ClN3S. The van der Waals surface area contributed by atoms with Crippen LogP contribution in [0.3, 0.4) is 0 Å². The first kappa shape index (κ1) is 10.4. The zero-order valence-corrected chi connectivity index (χ0v) is 9.59. The van der Waals surface area contributed by atoms with Gasteiger partial charge >= 0.3 is 0 Å². The fourth-order valence-corrected chi connectivity index (χ4v) is 1.73. The van der Waals surface area contributed by atoms with Gasteiger partial charge in [-0.1, -0.05) is 12.1 Å². The lowest BCUT2D eigenvalue weighted by Gasteiger charge is -2.01. The molecule has 0 saturated carbocycles. The lowest BCUT2D eigenvalue weighted by Crippen LogP contribution is -1.89. The Balaban J connectivity index is 2.37. The van der Waals surface area contributed by atoms with E-state index in [0.29, 0.717) is 0 Å². The minimum Gasteiger partial charge on any atom is -0.215 e. The van der Waals surface area contributed by atoms with E-state index in [2.05, 4.69) is 15.2 Å². The lowest BCUT2D eigenvalue weighted by atomic mass is 10.2. The molecule has 0 aliphatic rings. The Hall–Kier alpha value is -1.13. The van der Waals surface area contributed by atoms with Crippen molar-refractivity contribution in [3.63, 3.8) is 0 Å². The quantitative estimate of drug-likeness (QED) is 0.753. The third kappa shape index (κ3) is 2.46. The van der Waals surface area contributed by atoms with Gasteiger partial charge in [0.15, 0.2) is 0 Å². The highest BCUT2D eigenvalue weighted by molar-refractivity contribution is 7.98. The summed E-state index contributed by atoms with van der Waals surface area (Å²) in [5, 5.41) is 7.52. The Bertz CT molecular complexity index is 458. The maximum absolute atomic E-state index is 5.66. The zero-order valence-electron chi connectivity index (χ0n) is 8.01. The van der Waals surface area contributed by atoms with E-state index in [1.165, 1.54) is 4.90 Å². The molecule has 0 saturated heterocycles. The van der Waals surface area contributed by atoms with Gasteiger partial charge in [0.25, 0.3) is 0 Å². The van der Waals surface area contributed by atoms with Crippen LogP contribution in [-0.4, -0.2) is 21.4 Å². The maximum atomic E-state index is 5.66. The molecule has 0 radical (unpaired) electrons. The van der Waals surface area contributed by atoms with Gasteiger partial charge < -0.3 is 0 Å². The Morgan fingerprint density at radius 3 is 2.53 bits per heavy atom. The molecule has 0 unspecified atom stereocenters. The summed E-state index contributed by atoms with van der Waals surface area (Å²) in [5.74, 6) is 0. The van der Waals surface area contributed by atoms with Gasteiger partial charge in [0.05, 0.1) is 11.9 Å². The van der Waals surface area contributed by atoms with Crippen LogP contribution in [0, 0.1) is 0 Å². The van der Waals surface area contributed by atoms with Gasteiger partial charge in [-0.15, -0.1) is 16.9 Å². The van der Waals surface area contributed by atoms with Gasteiger partial charge in [-0.2, -0.15) is 5.10 Å². The molecule has 1 aromatic heterocycles. The second-order valence-electron chi connectivity index (χ2n) is 2.84. The molecule has 0 aliphatic heterocycles. The number of aromatic nitrogens is 3. The molecule has 2 aromatic rings.